The number of hydrogen-bond donors (Lipinski definition) is 0. The normalized spacial score (nSPS) is 11.2. The average Bonchev–Trinajstić information content (AvgIpc) is 2.55. The Labute approximate surface area is 146 Å². The van der Waals surface area contributed by atoms with Gasteiger partial charge in [-0.2, -0.15) is 0 Å². The molecule has 0 aliphatic rings. The largest absolute Gasteiger partial charge is 0.494 e. The number of alkyl halides is 2. The number of aliphatic imine (C=N–C) groups is 1. The Morgan fingerprint density at radius 2 is 1.57 bits per heavy atom. The lowest BCUT2D eigenvalue weighted by molar-refractivity contribution is 0.340. The molecule has 5 heteroatoms. The zero-order valence-electron chi connectivity index (χ0n) is 13.1. The minimum Gasteiger partial charge on any atom is -0.494 e. The van der Waals surface area contributed by atoms with Gasteiger partial charge in [-0.3, -0.25) is 4.99 Å². The monoisotopic (exact) mass is 351 g/mol. The van der Waals surface area contributed by atoms with E-state index in [1.807, 2.05) is 56.3 Å². The highest BCUT2D eigenvalue weighted by molar-refractivity contribution is 6.44. The Balaban J connectivity index is 2.20. The van der Waals surface area contributed by atoms with E-state index in [2.05, 4.69) is 4.99 Å². The lowest BCUT2D eigenvalue weighted by Crippen LogP contribution is -1.93. The van der Waals surface area contributed by atoms with Gasteiger partial charge in [0.25, 0.3) is 0 Å². The lowest BCUT2D eigenvalue weighted by Gasteiger charge is -2.10. The average molecular weight is 352 g/mol. The van der Waals surface area contributed by atoms with Crippen LogP contribution in [-0.2, 0) is 0 Å². The van der Waals surface area contributed by atoms with Crippen molar-refractivity contribution >= 4 is 35.1 Å². The minimum absolute atomic E-state index is 0.587. The summed E-state index contributed by atoms with van der Waals surface area (Å²) in [4.78, 5) is 3.82. The van der Waals surface area contributed by atoms with Gasteiger partial charge in [-0.15, -0.1) is 0 Å². The molecule has 0 fully saturated rings. The quantitative estimate of drug-likeness (QED) is 0.472. The fourth-order valence-electron chi connectivity index (χ4n) is 2.04. The van der Waals surface area contributed by atoms with Crippen LogP contribution in [0.1, 0.15) is 29.8 Å². The van der Waals surface area contributed by atoms with E-state index in [0.29, 0.717) is 13.2 Å². The molecule has 0 aliphatic heterocycles. The molecule has 0 aliphatic carbocycles. The van der Waals surface area contributed by atoms with Gasteiger partial charge in [0.05, 0.1) is 18.9 Å². The second kappa shape index (κ2) is 8.80. The molecule has 0 unspecified atom stereocenters. The molecule has 0 amide bonds. The Bertz CT molecular complexity index is 655. The zero-order valence-corrected chi connectivity index (χ0v) is 14.6. The minimum atomic E-state index is -0.664. The van der Waals surface area contributed by atoms with E-state index in [4.69, 9.17) is 32.7 Å². The van der Waals surface area contributed by atoms with Gasteiger partial charge in [0, 0.05) is 11.8 Å². The van der Waals surface area contributed by atoms with E-state index in [0.717, 1.165) is 28.3 Å². The number of rotatable bonds is 7. The van der Waals surface area contributed by atoms with Crippen molar-refractivity contribution in [3.63, 3.8) is 0 Å². The van der Waals surface area contributed by atoms with Crippen molar-refractivity contribution in [2.45, 2.75) is 18.7 Å². The molecular weight excluding hydrogens is 333 g/mol. The fourth-order valence-corrected chi connectivity index (χ4v) is 2.39. The van der Waals surface area contributed by atoms with Crippen molar-refractivity contribution < 1.29 is 9.47 Å². The molecule has 0 heterocycles. The first-order chi connectivity index (χ1) is 11.1. The molecule has 0 saturated heterocycles. The predicted octanol–water partition coefficient (Wildman–Crippen LogP) is 5.71. The third-order valence-corrected chi connectivity index (χ3v) is 3.56. The van der Waals surface area contributed by atoms with Crippen molar-refractivity contribution in [2.24, 2.45) is 4.99 Å². The van der Waals surface area contributed by atoms with E-state index >= 15 is 0 Å². The third kappa shape index (κ3) is 5.15. The van der Waals surface area contributed by atoms with E-state index in [1.165, 1.54) is 0 Å². The smallest absolute Gasteiger partial charge is 0.135 e. The van der Waals surface area contributed by atoms with Gasteiger partial charge >= 0.3 is 0 Å². The number of nitrogens with zero attached hydrogens (tertiary/aromatic N) is 1. The third-order valence-electron chi connectivity index (χ3n) is 3.09. The van der Waals surface area contributed by atoms with Crippen LogP contribution in [0.4, 0.5) is 5.69 Å². The highest BCUT2D eigenvalue weighted by atomic mass is 35.5. The van der Waals surface area contributed by atoms with Gasteiger partial charge in [0.1, 0.15) is 16.3 Å². The number of benzene rings is 2. The maximum absolute atomic E-state index is 6.04. The summed E-state index contributed by atoms with van der Waals surface area (Å²) in [5, 5.41) is 0. The van der Waals surface area contributed by atoms with E-state index in [9.17, 15) is 0 Å². The van der Waals surface area contributed by atoms with Crippen LogP contribution in [-0.4, -0.2) is 19.4 Å². The SMILES string of the molecule is CCOc1ccc(C=Nc2ccc(OCC)cc2C(Cl)Cl)cc1. The van der Waals surface area contributed by atoms with Crippen LogP contribution in [0.2, 0.25) is 0 Å². The van der Waals surface area contributed by atoms with Gasteiger partial charge < -0.3 is 9.47 Å². The molecule has 2 rings (SSSR count). The van der Waals surface area contributed by atoms with E-state index in [-0.39, 0.29) is 0 Å². The fraction of sp³-hybridized carbons (Fsp3) is 0.278. The molecular formula is C18H19Cl2NO2. The molecule has 0 spiro atoms. The van der Waals surface area contributed by atoms with Crippen molar-refractivity contribution in [1.82, 2.24) is 0 Å². The molecule has 122 valence electrons. The molecule has 2 aromatic rings. The first-order valence-electron chi connectivity index (χ1n) is 7.45. The van der Waals surface area contributed by atoms with Gasteiger partial charge in [-0.1, -0.05) is 23.2 Å². The molecule has 0 radical (unpaired) electrons. The van der Waals surface area contributed by atoms with Gasteiger partial charge in [0.15, 0.2) is 0 Å². The number of halogens is 2. The summed E-state index contributed by atoms with van der Waals surface area (Å²) in [6.45, 7) is 5.12. The summed E-state index contributed by atoms with van der Waals surface area (Å²) in [5.41, 5.74) is 2.41. The standard InChI is InChI=1S/C18H19Cl2NO2/c1-3-22-14-7-5-13(6-8-14)12-21-17-10-9-15(23-4-2)11-16(17)18(19)20/h5-12,18H,3-4H2,1-2H3. The van der Waals surface area contributed by atoms with Crippen molar-refractivity contribution in [2.75, 3.05) is 13.2 Å². The van der Waals surface area contributed by atoms with Crippen LogP contribution in [0.5, 0.6) is 11.5 Å². The summed E-state index contributed by atoms with van der Waals surface area (Å²) in [6, 6.07) is 13.2. The summed E-state index contributed by atoms with van der Waals surface area (Å²) in [6.07, 6.45) is 1.77. The second-order valence-corrected chi connectivity index (χ2v) is 5.81. The Morgan fingerprint density at radius 1 is 0.957 bits per heavy atom. The summed E-state index contributed by atoms with van der Waals surface area (Å²) in [7, 11) is 0. The maximum atomic E-state index is 6.04. The molecule has 3 nitrogen and oxygen atoms in total. The second-order valence-electron chi connectivity index (χ2n) is 4.71. The summed E-state index contributed by atoms with van der Waals surface area (Å²) >= 11 is 12.1. The first-order valence-corrected chi connectivity index (χ1v) is 8.33. The van der Waals surface area contributed by atoms with E-state index < -0.39 is 4.84 Å². The van der Waals surface area contributed by atoms with E-state index in [1.54, 1.807) is 6.21 Å². The highest BCUT2D eigenvalue weighted by Crippen LogP contribution is 2.35. The van der Waals surface area contributed by atoms with Crippen LogP contribution in [0.15, 0.2) is 47.5 Å². The zero-order chi connectivity index (χ0) is 16.7. The summed E-state index contributed by atoms with van der Waals surface area (Å²) < 4.78 is 10.9. The lowest BCUT2D eigenvalue weighted by atomic mass is 10.2. The molecule has 0 saturated carbocycles. The van der Waals surface area contributed by atoms with Gasteiger partial charge in [-0.25, -0.2) is 0 Å². The van der Waals surface area contributed by atoms with Crippen LogP contribution in [0.25, 0.3) is 0 Å². The maximum Gasteiger partial charge on any atom is 0.135 e. The Kier molecular flexibility index (Phi) is 6.75. The number of hydrogen-bond acceptors (Lipinski definition) is 3. The van der Waals surface area contributed by atoms with Crippen molar-refractivity contribution in [3.05, 3.63) is 53.6 Å². The summed E-state index contributed by atoms with van der Waals surface area (Å²) in [5.74, 6) is 1.57. The van der Waals surface area contributed by atoms with Crippen molar-refractivity contribution in [3.8, 4) is 11.5 Å². The topological polar surface area (TPSA) is 30.8 Å². The van der Waals surface area contributed by atoms with Gasteiger partial charge in [0.2, 0.25) is 0 Å². The Morgan fingerprint density at radius 3 is 2.17 bits per heavy atom. The van der Waals surface area contributed by atoms with Crippen LogP contribution >= 0.6 is 23.2 Å². The highest BCUT2D eigenvalue weighted by Gasteiger charge is 2.10. The molecule has 0 aromatic heterocycles. The van der Waals surface area contributed by atoms with Gasteiger partial charge in [-0.05, 0) is 61.9 Å². The van der Waals surface area contributed by atoms with Crippen LogP contribution < -0.4 is 9.47 Å². The predicted molar refractivity (Wildman–Crippen MR) is 96.9 cm³/mol. The first kappa shape index (κ1) is 17.6. The molecule has 0 bridgehead atoms. The van der Waals surface area contributed by atoms with Crippen molar-refractivity contribution in [1.29, 1.82) is 0 Å². The van der Waals surface area contributed by atoms with Crippen LogP contribution in [0, 0.1) is 0 Å². The molecule has 2 aromatic carbocycles. The molecule has 0 atom stereocenters. The number of ether oxygens (including phenoxy) is 2. The molecule has 0 N–H and O–H groups in total. The van der Waals surface area contributed by atoms with Crippen LogP contribution in [0.3, 0.4) is 0 Å². The molecule has 23 heavy (non-hydrogen) atoms. The Hall–Kier alpha value is -1.71.